The summed E-state index contributed by atoms with van der Waals surface area (Å²) in [5.74, 6) is -0.106. The van der Waals surface area contributed by atoms with E-state index >= 15 is 0 Å². The van der Waals surface area contributed by atoms with Crippen molar-refractivity contribution >= 4 is 41.0 Å². The van der Waals surface area contributed by atoms with E-state index in [1.165, 1.54) is 29.2 Å². The lowest BCUT2D eigenvalue weighted by molar-refractivity contribution is -0.384. The van der Waals surface area contributed by atoms with Gasteiger partial charge < -0.3 is 20.1 Å². The van der Waals surface area contributed by atoms with E-state index in [1.807, 2.05) is 0 Å². The molecule has 4 rings (SSSR count). The van der Waals surface area contributed by atoms with E-state index in [0.717, 1.165) is 4.68 Å². The summed E-state index contributed by atoms with van der Waals surface area (Å²) in [5.41, 5.74) is 0.599. The van der Waals surface area contributed by atoms with Gasteiger partial charge >= 0.3 is 12.2 Å². The lowest BCUT2D eigenvalue weighted by atomic mass is 10.0. The number of non-ortho nitro benzene ring substituents is 1. The number of carbonyl (C=O) groups is 3. The number of nitro groups is 1. The predicted octanol–water partition coefficient (Wildman–Crippen LogP) is 5.78. The molecule has 2 aromatic carbocycles. The van der Waals surface area contributed by atoms with Gasteiger partial charge in [0.25, 0.3) is 11.6 Å². The number of hydrogen-bond donors (Lipinski definition) is 2. The van der Waals surface area contributed by atoms with Crippen LogP contribution >= 0.6 is 0 Å². The van der Waals surface area contributed by atoms with Crippen LogP contribution in [0.3, 0.4) is 0 Å². The average Bonchev–Trinajstić information content (AvgIpc) is 3.38. The number of amides is 2. The van der Waals surface area contributed by atoms with Crippen LogP contribution in [0.15, 0.2) is 48.5 Å². The largest absolute Gasteiger partial charge is 0.448 e. The van der Waals surface area contributed by atoms with E-state index in [1.54, 1.807) is 65.8 Å². The van der Waals surface area contributed by atoms with Gasteiger partial charge in [0.15, 0.2) is 5.82 Å². The summed E-state index contributed by atoms with van der Waals surface area (Å²) in [6, 6.07) is 12.1. The summed E-state index contributed by atoms with van der Waals surface area (Å²) in [6.07, 6.45) is -1.21. The van der Waals surface area contributed by atoms with Crippen LogP contribution in [0.5, 0.6) is 0 Å². The lowest BCUT2D eigenvalue weighted by Crippen LogP contribution is -2.44. The SMILES string of the molecule is CCOC(=O)n1nc(Nc2cccc(NC(=O)c3ccc([N+](=O)[O-])cc3)c2)c2c1C(C)(C)N(C(=O)OC(C)(C)C)C2. The Bertz CT molecular complexity index is 1510. The number of benzene rings is 2. The molecule has 0 spiro atoms. The topological polar surface area (TPSA) is 158 Å². The molecule has 0 saturated heterocycles. The molecular formula is C28H32N6O7. The molecule has 0 atom stereocenters. The van der Waals surface area contributed by atoms with Crippen molar-refractivity contribution in [3.8, 4) is 0 Å². The Morgan fingerprint density at radius 1 is 1.07 bits per heavy atom. The van der Waals surface area contributed by atoms with Gasteiger partial charge in [-0.1, -0.05) is 6.07 Å². The number of rotatable bonds is 6. The molecule has 216 valence electrons. The Balaban J connectivity index is 1.62. The minimum absolute atomic E-state index is 0.115. The van der Waals surface area contributed by atoms with Crippen LogP contribution < -0.4 is 10.6 Å². The maximum absolute atomic E-state index is 13.1. The number of nitrogens with zero attached hydrogens (tertiary/aromatic N) is 4. The molecule has 2 heterocycles. The molecule has 0 aliphatic carbocycles. The normalized spacial score (nSPS) is 13.8. The molecule has 0 fully saturated rings. The summed E-state index contributed by atoms with van der Waals surface area (Å²) in [4.78, 5) is 50.6. The maximum Gasteiger partial charge on any atom is 0.435 e. The van der Waals surface area contributed by atoms with Crippen molar-refractivity contribution < 1.29 is 28.8 Å². The zero-order chi connectivity index (χ0) is 30.1. The van der Waals surface area contributed by atoms with Crippen LogP contribution in [0.25, 0.3) is 0 Å². The van der Waals surface area contributed by atoms with Crippen LogP contribution in [0.1, 0.15) is 63.2 Å². The zero-order valence-corrected chi connectivity index (χ0v) is 23.7. The van der Waals surface area contributed by atoms with Crippen LogP contribution in [0.2, 0.25) is 0 Å². The summed E-state index contributed by atoms with van der Waals surface area (Å²) in [6.45, 7) is 10.9. The molecule has 0 unspecified atom stereocenters. The number of fused-ring (bicyclic) bond motifs is 1. The van der Waals surface area contributed by atoms with Crippen molar-refractivity contribution in [1.82, 2.24) is 14.7 Å². The van der Waals surface area contributed by atoms with E-state index in [9.17, 15) is 24.5 Å². The lowest BCUT2D eigenvalue weighted by Gasteiger charge is -2.34. The fraction of sp³-hybridized carbons (Fsp3) is 0.357. The first-order valence-electron chi connectivity index (χ1n) is 12.9. The fourth-order valence-corrected chi connectivity index (χ4v) is 4.49. The minimum Gasteiger partial charge on any atom is -0.448 e. The van der Waals surface area contributed by atoms with Crippen molar-refractivity contribution in [1.29, 1.82) is 0 Å². The van der Waals surface area contributed by atoms with Crippen molar-refractivity contribution in [3.05, 3.63) is 75.5 Å². The molecule has 13 nitrogen and oxygen atoms in total. The molecule has 2 N–H and O–H groups in total. The van der Waals surface area contributed by atoms with Gasteiger partial charge in [0, 0.05) is 34.6 Å². The quantitative estimate of drug-likeness (QED) is 0.280. The van der Waals surface area contributed by atoms with Crippen molar-refractivity contribution in [2.45, 2.75) is 59.2 Å². The van der Waals surface area contributed by atoms with Gasteiger partial charge in [-0.2, -0.15) is 4.68 Å². The Hall–Kier alpha value is -4.94. The number of carbonyl (C=O) groups excluding carboxylic acids is 3. The highest BCUT2D eigenvalue weighted by molar-refractivity contribution is 6.04. The molecule has 1 aliphatic rings. The molecule has 2 amide bonds. The van der Waals surface area contributed by atoms with Crippen molar-refractivity contribution in [2.24, 2.45) is 0 Å². The first kappa shape index (κ1) is 29.1. The molecule has 0 radical (unpaired) electrons. The van der Waals surface area contributed by atoms with Gasteiger partial charge in [0.05, 0.1) is 29.3 Å². The van der Waals surface area contributed by atoms with E-state index in [0.29, 0.717) is 28.5 Å². The Morgan fingerprint density at radius 2 is 1.73 bits per heavy atom. The summed E-state index contributed by atoms with van der Waals surface area (Å²) < 4.78 is 12.0. The van der Waals surface area contributed by atoms with Crippen LogP contribution in [-0.4, -0.2) is 49.9 Å². The van der Waals surface area contributed by atoms with E-state index in [4.69, 9.17) is 9.47 Å². The maximum atomic E-state index is 13.1. The summed E-state index contributed by atoms with van der Waals surface area (Å²) >= 11 is 0. The standard InChI is InChI=1S/C28H32N6O7/c1-7-40-26(37)33-22-21(16-32(28(22,5)6)25(36)41-27(2,3)4)23(31-33)29-18-9-8-10-19(15-18)30-24(35)17-11-13-20(14-12-17)34(38)39/h8-15H,7,16H2,1-6H3,(H,29,31)(H,30,35). The number of anilines is 3. The van der Waals surface area contributed by atoms with Gasteiger partial charge in [0.1, 0.15) is 5.60 Å². The Morgan fingerprint density at radius 3 is 2.34 bits per heavy atom. The van der Waals surface area contributed by atoms with Gasteiger partial charge in [-0.3, -0.25) is 19.8 Å². The first-order chi connectivity index (χ1) is 19.2. The molecule has 3 aromatic rings. The summed E-state index contributed by atoms with van der Waals surface area (Å²) in [5, 5.41) is 21.3. The van der Waals surface area contributed by atoms with E-state index in [-0.39, 0.29) is 24.4 Å². The number of ether oxygens (including phenoxy) is 2. The third-order valence-corrected chi connectivity index (χ3v) is 6.33. The van der Waals surface area contributed by atoms with E-state index in [2.05, 4.69) is 15.7 Å². The highest BCUT2D eigenvalue weighted by atomic mass is 16.6. The minimum atomic E-state index is -0.946. The Kier molecular flexibility index (Phi) is 7.73. The molecule has 0 bridgehead atoms. The molecule has 1 aromatic heterocycles. The third-order valence-electron chi connectivity index (χ3n) is 6.33. The number of hydrogen-bond acceptors (Lipinski definition) is 9. The van der Waals surface area contributed by atoms with Crippen molar-refractivity contribution in [2.75, 3.05) is 17.2 Å². The highest BCUT2D eigenvalue weighted by Gasteiger charge is 2.48. The van der Waals surface area contributed by atoms with Gasteiger partial charge in [0.2, 0.25) is 0 Å². The number of aromatic nitrogens is 2. The molecule has 41 heavy (non-hydrogen) atoms. The Labute approximate surface area is 236 Å². The van der Waals surface area contributed by atoms with Crippen LogP contribution in [0, 0.1) is 10.1 Å². The van der Waals surface area contributed by atoms with Gasteiger partial charge in [-0.25, -0.2) is 9.59 Å². The zero-order valence-electron chi connectivity index (χ0n) is 23.7. The predicted molar refractivity (Wildman–Crippen MR) is 150 cm³/mol. The van der Waals surface area contributed by atoms with Crippen LogP contribution in [0.4, 0.5) is 32.5 Å². The molecule has 0 saturated carbocycles. The monoisotopic (exact) mass is 564 g/mol. The van der Waals surface area contributed by atoms with Crippen molar-refractivity contribution in [3.63, 3.8) is 0 Å². The van der Waals surface area contributed by atoms with Gasteiger partial charge in [-0.15, -0.1) is 5.10 Å². The highest BCUT2D eigenvalue weighted by Crippen LogP contribution is 2.43. The number of nitro benzene ring substituents is 1. The average molecular weight is 565 g/mol. The third kappa shape index (κ3) is 6.13. The second-order valence-corrected chi connectivity index (χ2v) is 10.9. The molecule has 13 heteroatoms. The summed E-state index contributed by atoms with van der Waals surface area (Å²) in [7, 11) is 0. The number of nitrogens with one attached hydrogen (secondary N) is 2. The smallest absolute Gasteiger partial charge is 0.435 e. The molecular weight excluding hydrogens is 532 g/mol. The van der Waals surface area contributed by atoms with E-state index < -0.39 is 34.2 Å². The first-order valence-corrected chi connectivity index (χ1v) is 12.9. The second-order valence-electron chi connectivity index (χ2n) is 10.9. The second kappa shape index (κ2) is 10.9. The van der Waals surface area contributed by atoms with Crippen LogP contribution in [-0.2, 0) is 21.6 Å². The van der Waals surface area contributed by atoms with Gasteiger partial charge in [-0.05, 0) is 71.9 Å². The molecule has 1 aliphatic heterocycles. The fourth-order valence-electron chi connectivity index (χ4n) is 4.49.